The van der Waals surface area contributed by atoms with Gasteiger partial charge in [0.15, 0.2) is 0 Å². The summed E-state index contributed by atoms with van der Waals surface area (Å²) in [6.07, 6.45) is 1.07. The van der Waals surface area contributed by atoms with Crippen LogP contribution in [-0.2, 0) is 11.6 Å². The number of ether oxygens (including phenoxy) is 1. The summed E-state index contributed by atoms with van der Waals surface area (Å²) in [5.74, 6) is -0.143. The van der Waals surface area contributed by atoms with Gasteiger partial charge in [0.05, 0.1) is 28.1 Å². The molecule has 0 aromatic carbocycles. The van der Waals surface area contributed by atoms with Crippen molar-refractivity contribution in [2.24, 2.45) is 5.41 Å². The van der Waals surface area contributed by atoms with Gasteiger partial charge in [-0.2, -0.15) is 31.9 Å². The van der Waals surface area contributed by atoms with E-state index >= 15 is 8.78 Å². The van der Waals surface area contributed by atoms with Crippen molar-refractivity contribution < 1.29 is 26.7 Å². The van der Waals surface area contributed by atoms with Crippen LogP contribution in [-0.4, -0.2) is 76.8 Å². The first-order chi connectivity index (χ1) is 21.3. The van der Waals surface area contributed by atoms with Crippen molar-refractivity contribution in [1.82, 2.24) is 30.2 Å². The molecule has 3 fully saturated rings. The number of hydrogen-bond acceptors (Lipinski definition) is 9. The quantitative estimate of drug-likeness (QED) is 0.207. The highest BCUT2D eigenvalue weighted by molar-refractivity contribution is 6.32. The van der Waals surface area contributed by atoms with Crippen molar-refractivity contribution in [1.29, 1.82) is 0 Å². The van der Waals surface area contributed by atoms with E-state index in [9.17, 15) is 13.2 Å². The number of aromatic nitrogens is 4. The maximum Gasteiger partial charge on any atom is 0.420 e. The molecule has 9 nitrogen and oxygen atoms in total. The Balaban J connectivity index is 1.51. The number of anilines is 2. The van der Waals surface area contributed by atoms with Crippen LogP contribution in [0.3, 0.4) is 0 Å². The SMILES string of the molecule is CCC1CN(c2nc(OCC3(CN4CCCC4)CC3)nc3c(C(F)(F)Cl)c(-c4nc(N)cc(Cl)c4C(F)(F)F)ncc23)CCN1. The number of nitrogens with two attached hydrogens (primary N) is 1. The van der Waals surface area contributed by atoms with Gasteiger partial charge >= 0.3 is 17.6 Å². The first-order valence-electron chi connectivity index (χ1n) is 14.9. The number of piperazine rings is 1. The molecule has 16 heteroatoms. The van der Waals surface area contributed by atoms with Crippen molar-refractivity contribution in [2.75, 3.05) is 56.5 Å². The van der Waals surface area contributed by atoms with Crippen LogP contribution in [0.2, 0.25) is 5.02 Å². The standard InChI is InChI=1S/C29H33Cl2F5N8O/c1-2-16-13-44(10-7-38-16)25-17-12-39-23(24-20(29(34,35)36)18(30)11-19(37)40-24)21(28(31,32)33)22(17)41-26(42-25)45-15-27(5-6-27)14-43-8-3-4-9-43/h11-12,16,38H,2-10,13-15H2,1H3,(H2,37,40). The van der Waals surface area contributed by atoms with Gasteiger partial charge in [-0.1, -0.05) is 18.5 Å². The highest BCUT2D eigenvalue weighted by Gasteiger charge is 2.46. The summed E-state index contributed by atoms with van der Waals surface area (Å²) in [5.41, 5.74) is 0.852. The minimum absolute atomic E-state index is 0.0833. The van der Waals surface area contributed by atoms with Crippen molar-refractivity contribution in [3.8, 4) is 17.4 Å². The number of fused-ring (bicyclic) bond motifs is 1. The molecule has 1 unspecified atom stereocenters. The summed E-state index contributed by atoms with van der Waals surface area (Å²) in [4.78, 5) is 21.1. The van der Waals surface area contributed by atoms with Gasteiger partial charge in [0, 0.05) is 43.8 Å². The zero-order valence-electron chi connectivity index (χ0n) is 24.5. The van der Waals surface area contributed by atoms with E-state index in [2.05, 4.69) is 30.2 Å². The van der Waals surface area contributed by atoms with Crippen molar-refractivity contribution in [2.45, 2.75) is 56.6 Å². The van der Waals surface area contributed by atoms with E-state index in [0.29, 0.717) is 19.6 Å². The number of likely N-dealkylation sites (tertiary alicyclic amines) is 1. The number of nitrogens with one attached hydrogen (secondary N) is 1. The lowest BCUT2D eigenvalue weighted by atomic mass is 10.0. The lowest BCUT2D eigenvalue weighted by Gasteiger charge is -2.34. The highest BCUT2D eigenvalue weighted by atomic mass is 35.5. The van der Waals surface area contributed by atoms with Gasteiger partial charge < -0.3 is 25.6 Å². The zero-order valence-corrected chi connectivity index (χ0v) is 26.0. The molecular weight excluding hydrogens is 642 g/mol. The van der Waals surface area contributed by atoms with Crippen molar-refractivity contribution >= 4 is 45.7 Å². The predicted molar refractivity (Wildman–Crippen MR) is 162 cm³/mol. The van der Waals surface area contributed by atoms with Crippen molar-refractivity contribution in [3.05, 3.63) is 28.4 Å². The molecule has 3 aromatic rings. The second kappa shape index (κ2) is 12.1. The lowest BCUT2D eigenvalue weighted by Crippen LogP contribution is -2.50. The molecule has 3 N–H and O–H groups in total. The van der Waals surface area contributed by atoms with Gasteiger partial charge in [-0.15, -0.1) is 0 Å². The summed E-state index contributed by atoms with van der Waals surface area (Å²) < 4.78 is 79.6. The fourth-order valence-electron chi connectivity index (χ4n) is 6.23. The van der Waals surface area contributed by atoms with Gasteiger partial charge in [0.1, 0.15) is 28.6 Å². The van der Waals surface area contributed by atoms with Crippen LogP contribution in [0.25, 0.3) is 22.3 Å². The summed E-state index contributed by atoms with van der Waals surface area (Å²) in [6.45, 7) is 6.76. The Morgan fingerprint density at radius 1 is 1.07 bits per heavy atom. The van der Waals surface area contributed by atoms with E-state index in [4.69, 9.17) is 33.7 Å². The average Bonchev–Trinajstić information content (AvgIpc) is 3.54. The van der Waals surface area contributed by atoms with E-state index in [1.165, 1.54) is 0 Å². The molecule has 1 aliphatic carbocycles. The van der Waals surface area contributed by atoms with Crippen LogP contribution in [0.1, 0.15) is 50.2 Å². The molecule has 6 rings (SSSR count). The largest absolute Gasteiger partial charge is 0.463 e. The van der Waals surface area contributed by atoms with Gasteiger partial charge in [-0.05, 0) is 62.9 Å². The molecule has 2 aliphatic heterocycles. The van der Waals surface area contributed by atoms with Crippen LogP contribution in [0.4, 0.5) is 33.6 Å². The minimum Gasteiger partial charge on any atom is -0.463 e. The fraction of sp³-hybridized carbons (Fsp3) is 0.586. The van der Waals surface area contributed by atoms with Crippen LogP contribution >= 0.6 is 23.2 Å². The molecule has 0 bridgehead atoms. The van der Waals surface area contributed by atoms with E-state index in [1.54, 1.807) is 0 Å². The van der Waals surface area contributed by atoms with E-state index in [-0.39, 0.29) is 35.3 Å². The highest BCUT2D eigenvalue weighted by Crippen LogP contribution is 2.49. The van der Waals surface area contributed by atoms with E-state index in [0.717, 1.165) is 64.0 Å². The molecule has 3 aliphatic rings. The van der Waals surface area contributed by atoms with Gasteiger partial charge in [-0.25, -0.2) is 4.98 Å². The topological polar surface area (TPSA) is 105 Å². The Labute approximate surface area is 266 Å². The molecule has 0 spiro atoms. The Morgan fingerprint density at radius 3 is 2.44 bits per heavy atom. The Morgan fingerprint density at radius 2 is 1.80 bits per heavy atom. The third kappa shape index (κ3) is 6.70. The average molecular weight is 676 g/mol. The van der Waals surface area contributed by atoms with E-state index < -0.39 is 50.4 Å². The predicted octanol–water partition coefficient (Wildman–Crippen LogP) is 6.07. The molecule has 1 atom stereocenters. The number of rotatable bonds is 9. The monoisotopic (exact) mass is 674 g/mol. The smallest absolute Gasteiger partial charge is 0.420 e. The molecule has 3 aromatic heterocycles. The van der Waals surface area contributed by atoms with E-state index in [1.807, 2.05) is 11.8 Å². The van der Waals surface area contributed by atoms with Crippen LogP contribution in [0, 0.1) is 5.41 Å². The van der Waals surface area contributed by atoms with Crippen LogP contribution in [0.5, 0.6) is 6.01 Å². The number of hydrogen-bond donors (Lipinski definition) is 2. The normalized spacial score (nSPS) is 20.6. The number of halogens is 7. The summed E-state index contributed by atoms with van der Waals surface area (Å²) in [6, 6.07) is 0.715. The minimum atomic E-state index is -5.07. The first kappa shape index (κ1) is 32.1. The Hall–Kier alpha value is -2.81. The van der Waals surface area contributed by atoms with Gasteiger partial charge in [0.2, 0.25) is 0 Å². The molecule has 1 saturated carbocycles. The Bertz CT molecular complexity index is 1580. The summed E-state index contributed by atoms with van der Waals surface area (Å²) in [7, 11) is 0. The third-order valence-electron chi connectivity index (χ3n) is 8.75. The number of nitrogens with zero attached hydrogens (tertiary/aromatic N) is 6. The molecule has 244 valence electrons. The maximum absolute atomic E-state index is 15.4. The third-order valence-corrected chi connectivity index (χ3v) is 9.24. The second-order valence-corrected chi connectivity index (χ2v) is 13.0. The van der Waals surface area contributed by atoms with Crippen LogP contribution < -0.4 is 20.7 Å². The second-order valence-electron chi connectivity index (χ2n) is 12.1. The molecule has 0 radical (unpaired) electrons. The van der Waals surface area contributed by atoms with Gasteiger partial charge in [0.25, 0.3) is 0 Å². The molecule has 0 amide bonds. The first-order valence-corrected chi connectivity index (χ1v) is 15.7. The number of pyridine rings is 2. The van der Waals surface area contributed by atoms with Gasteiger partial charge in [-0.3, -0.25) is 4.98 Å². The summed E-state index contributed by atoms with van der Waals surface area (Å²) >= 11 is 11.6. The molecule has 5 heterocycles. The van der Waals surface area contributed by atoms with Crippen LogP contribution in [0.15, 0.2) is 12.3 Å². The Kier molecular flexibility index (Phi) is 8.63. The fourth-order valence-corrected chi connectivity index (χ4v) is 6.72. The molecule has 2 saturated heterocycles. The number of alkyl halides is 6. The molecule has 45 heavy (non-hydrogen) atoms. The summed E-state index contributed by atoms with van der Waals surface area (Å²) in [5, 5.41) is -1.56. The van der Waals surface area contributed by atoms with Crippen molar-refractivity contribution in [3.63, 3.8) is 0 Å². The maximum atomic E-state index is 15.4. The number of nitrogen functional groups attached to an aromatic ring is 1. The zero-order chi connectivity index (χ0) is 32.1. The lowest BCUT2D eigenvalue weighted by molar-refractivity contribution is -0.137. The molecular formula is C29H33Cl2F5N8O.